The van der Waals surface area contributed by atoms with Gasteiger partial charge in [0.1, 0.15) is 22.3 Å². The SMILES string of the molecule is CCCCC(=O)c1ccc2c3n(nc2c1)[C@@H]1[C@H](C3)N(CC)[C@@]2(C(=O)Nc3nc(Cl)ccc32)[C@H]1c1cccc(Cl)c1F. The Kier molecular flexibility index (Phi) is 6.23. The van der Waals surface area contributed by atoms with Gasteiger partial charge in [-0.2, -0.15) is 5.10 Å². The molecule has 0 aliphatic carbocycles. The minimum atomic E-state index is -1.25. The second-order valence-corrected chi connectivity index (χ2v) is 11.9. The zero-order chi connectivity index (χ0) is 28.6. The summed E-state index contributed by atoms with van der Waals surface area (Å²) in [6, 6.07) is 13.6. The Morgan fingerprint density at radius 2 is 2.00 bits per heavy atom. The van der Waals surface area contributed by atoms with E-state index in [1.807, 2.05) is 35.9 Å². The Bertz CT molecular complexity index is 1760. The van der Waals surface area contributed by atoms with E-state index in [0.29, 0.717) is 41.9 Å². The lowest BCUT2D eigenvalue weighted by atomic mass is 9.74. The van der Waals surface area contributed by atoms with E-state index in [0.717, 1.165) is 29.4 Å². The van der Waals surface area contributed by atoms with E-state index in [9.17, 15) is 9.59 Å². The van der Waals surface area contributed by atoms with Crippen LogP contribution in [0.15, 0.2) is 48.5 Å². The van der Waals surface area contributed by atoms with E-state index in [1.54, 1.807) is 18.2 Å². The van der Waals surface area contributed by atoms with Crippen LogP contribution in [0.5, 0.6) is 0 Å². The molecular formula is C31H28Cl2FN5O2. The lowest BCUT2D eigenvalue weighted by Gasteiger charge is -2.39. The molecule has 1 spiro atoms. The van der Waals surface area contributed by atoms with Crippen molar-refractivity contribution in [3.8, 4) is 0 Å². The largest absolute Gasteiger partial charge is 0.308 e. The van der Waals surface area contributed by atoms with Crippen molar-refractivity contribution >= 4 is 51.6 Å². The summed E-state index contributed by atoms with van der Waals surface area (Å²) in [6.45, 7) is 4.61. The number of unbranched alkanes of at least 4 members (excludes halogenated alkanes) is 1. The summed E-state index contributed by atoms with van der Waals surface area (Å²) >= 11 is 12.5. The van der Waals surface area contributed by atoms with Crippen molar-refractivity contribution in [2.45, 2.75) is 63.1 Å². The quantitative estimate of drug-likeness (QED) is 0.200. The van der Waals surface area contributed by atoms with Crippen LogP contribution < -0.4 is 5.32 Å². The van der Waals surface area contributed by atoms with Crippen LogP contribution in [-0.2, 0) is 16.8 Å². The van der Waals surface area contributed by atoms with Gasteiger partial charge in [-0.25, -0.2) is 9.37 Å². The molecule has 0 bridgehead atoms. The maximum absolute atomic E-state index is 16.0. The summed E-state index contributed by atoms with van der Waals surface area (Å²) in [5, 5.41) is 9.19. The number of rotatable bonds is 6. The van der Waals surface area contributed by atoms with Crippen LogP contribution in [0.2, 0.25) is 10.2 Å². The number of likely N-dealkylation sites (tertiary alicyclic amines) is 1. The molecule has 2 aromatic heterocycles. The molecule has 0 unspecified atom stereocenters. The number of benzene rings is 2. The number of Topliss-reactive ketones (excluding diaryl/α,β-unsaturated/α-hetero) is 1. The molecule has 1 fully saturated rings. The maximum Gasteiger partial charge on any atom is 0.251 e. The van der Waals surface area contributed by atoms with E-state index in [4.69, 9.17) is 28.3 Å². The number of hydrogen-bond acceptors (Lipinski definition) is 5. The lowest BCUT2D eigenvalue weighted by molar-refractivity contribution is -0.127. The molecule has 210 valence electrons. The number of nitrogens with zero attached hydrogens (tertiary/aromatic N) is 4. The summed E-state index contributed by atoms with van der Waals surface area (Å²) in [5.74, 6) is -1.01. The number of carbonyl (C=O) groups is 2. The predicted molar refractivity (Wildman–Crippen MR) is 156 cm³/mol. The molecule has 0 saturated carbocycles. The average molecular weight is 593 g/mol. The zero-order valence-electron chi connectivity index (χ0n) is 22.6. The van der Waals surface area contributed by atoms with Crippen molar-refractivity contribution in [2.75, 3.05) is 11.9 Å². The standard InChI is InChI=1S/C31H28Cl2FN5O2/c1-3-5-9-24(40)16-10-11-17-21(14-16)37-39-22(17)15-23-28(39)26(18-7-6-8-20(32)27(18)34)31(38(23)4-2)19-12-13-25(33)35-29(19)36-30(31)41/h6-8,10-14,23,26,28H,3-5,9,15H2,1-2H3,(H,35,36,41)/t23-,26-,28+,31+/m0/s1. The first kappa shape index (κ1) is 26.6. The molecule has 3 aliphatic rings. The highest BCUT2D eigenvalue weighted by Crippen LogP contribution is 2.63. The van der Waals surface area contributed by atoms with Crippen molar-refractivity contribution in [2.24, 2.45) is 0 Å². The first-order valence-electron chi connectivity index (χ1n) is 14.0. The number of hydrogen-bond donors (Lipinski definition) is 1. The third-order valence-electron chi connectivity index (χ3n) is 9.11. The number of carbonyl (C=O) groups excluding carboxylic acids is 2. The van der Waals surface area contributed by atoms with Gasteiger partial charge in [0, 0.05) is 47.0 Å². The summed E-state index contributed by atoms with van der Waals surface area (Å²) in [6.07, 6.45) is 2.90. The number of nitrogens with one attached hydrogen (secondary N) is 1. The normalized spacial score (nSPS) is 24.6. The van der Waals surface area contributed by atoms with Crippen LogP contribution in [0.1, 0.15) is 72.2 Å². The third-order valence-corrected chi connectivity index (χ3v) is 9.61. The summed E-state index contributed by atoms with van der Waals surface area (Å²) in [7, 11) is 0. The van der Waals surface area contributed by atoms with Crippen LogP contribution in [-0.4, -0.2) is 43.9 Å². The van der Waals surface area contributed by atoms with Gasteiger partial charge in [-0.1, -0.05) is 67.7 Å². The molecule has 41 heavy (non-hydrogen) atoms. The van der Waals surface area contributed by atoms with Gasteiger partial charge in [-0.15, -0.1) is 0 Å². The van der Waals surface area contributed by atoms with Gasteiger partial charge < -0.3 is 5.32 Å². The fourth-order valence-corrected chi connectivity index (χ4v) is 7.83. The van der Waals surface area contributed by atoms with Gasteiger partial charge in [-0.3, -0.25) is 19.2 Å². The fourth-order valence-electron chi connectivity index (χ4n) is 7.50. The highest BCUT2D eigenvalue weighted by Gasteiger charge is 2.69. The molecule has 7 nitrogen and oxygen atoms in total. The number of pyridine rings is 1. The minimum absolute atomic E-state index is 0.00362. The van der Waals surface area contributed by atoms with Gasteiger partial charge >= 0.3 is 0 Å². The van der Waals surface area contributed by atoms with Crippen LogP contribution in [0.4, 0.5) is 10.2 Å². The molecule has 4 aromatic rings. The Hall–Kier alpha value is -3.33. The number of halogens is 3. The van der Waals surface area contributed by atoms with Crippen molar-refractivity contribution < 1.29 is 14.0 Å². The number of likely N-dealkylation sites (N-methyl/N-ethyl adjacent to an activating group) is 1. The van der Waals surface area contributed by atoms with Gasteiger partial charge in [0.05, 0.1) is 16.6 Å². The van der Waals surface area contributed by atoms with Crippen LogP contribution >= 0.6 is 23.2 Å². The molecule has 1 saturated heterocycles. The van der Waals surface area contributed by atoms with E-state index < -0.39 is 17.3 Å². The molecule has 0 radical (unpaired) electrons. The van der Waals surface area contributed by atoms with Crippen molar-refractivity contribution in [3.63, 3.8) is 0 Å². The predicted octanol–water partition coefficient (Wildman–Crippen LogP) is 6.68. The number of anilines is 1. The minimum Gasteiger partial charge on any atom is -0.308 e. The molecular weight excluding hydrogens is 564 g/mol. The summed E-state index contributed by atoms with van der Waals surface area (Å²) in [4.78, 5) is 33.5. The highest BCUT2D eigenvalue weighted by molar-refractivity contribution is 6.31. The zero-order valence-corrected chi connectivity index (χ0v) is 24.1. The Morgan fingerprint density at radius 3 is 2.78 bits per heavy atom. The summed E-state index contributed by atoms with van der Waals surface area (Å²) < 4.78 is 17.9. The van der Waals surface area contributed by atoms with Gasteiger partial charge in [0.2, 0.25) is 0 Å². The van der Waals surface area contributed by atoms with E-state index in [-0.39, 0.29) is 33.9 Å². The first-order valence-corrected chi connectivity index (χ1v) is 14.8. The van der Waals surface area contributed by atoms with Crippen molar-refractivity contribution in [1.82, 2.24) is 19.7 Å². The molecule has 1 N–H and O–H groups in total. The second kappa shape index (κ2) is 9.61. The monoisotopic (exact) mass is 591 g/mol. The van der Waals surface area contributed by atoms with Crippen molar-refractivity contribution in [3.05, 3.63) is 86.9 Å². The van der Waals surface area contributed by atoms with E-state index in [1.165, 1.54) is 6.07 Å². The number of fused-ring (bicyclic) bond motifs is 7. The van der Waals surface area contributed by atoms with Gasteiger partial charge in [-0.05, 0) is 42.8 Å². The van der Waals surface area contributed by atoms with Gasteiger partial charge in [0.15, 0.2) is 5.78 Å². The molecule has 10 heteroatoms. The van der Waals surface area contributed by atoms with Crippen LogP contribution in [0, 0.1) is 5.82 Å². The Labute approximate surface area is 246 Å². The average Bonchev–Trinajstić information content (AvgIpc) is 3.65. The second-order valence-electron chi connectivity index (χ2n) is 11.1. The number of ketones is 1. The van der Waals surface area contributed by atoms with E-state index >= 15 is 4.39 Å². The molecule has 5 heterocycles. The Morgan fingerprint density at radius 1 is 1.17 bits per heavy atom. The van der Waals surface area contributed by atoms with Gasteiger partial charge in [0.25, 0.3) is 5.91 Å². The van der Waals surface area contributed by atoms with E-state index in [2.05, 4.69) is 22.1 Å². The smallest absolute Gasteiger partial charge is 0.251 e. The molecule has 1 amide bonds. The van der Waals surface area contributed by atoms with Crippen LogP contribution in [0.25, 0.3) is 10.9 Å². The number of amides is 1. The molecule has 2 aromatic carbocycles. The van der Waals surface area contributed by atoms with Crippen molar-refractivity contribution in [1.29, 1.82) is 0 Å². The highest BCUT2D eigenvalue weighted by atomic mass is 35.5. The lowest BCUT2D eigenvalue weighted by Crippen LogP contribution is -2.52. The Balaban J connectivity index is 1.45. The molecule has 7 rings (SSSR count). The number of aromatic nitrogens is 3. The fraction of sp³-hybridized carbons (Fsp3) is 0.355. The third kappa shape index (κ3) is 3.60. The first-order chi connectivity index (χ1) is 19.8. The van der Waals surface area contributed by atoms with Crippen LogP contribution in [0.3, 0.4) is 0 Å². The summed E-state index contributed by atoms with van der Waals surface area (Å²) in [5.41, 5.74) is 2.14. The maximum atomic E-state index is 16.0. The topological polar surface area (TPSA) is 80.1 Å². The molecule has 3 aliphatic heterocycles. The molecule has 4 atom stereocenters.